The lowest BCUT2D eigenvalue weighted by Crippen LogP contribution is -2.41. The van der Waals surface area contributed by atoms with E-state index in [1.165, 1.54) is 11.1 Å². The second-order valence-electron chi connectivity index (χ2n) is 9.00. The molecule has 34 heavy (non-hydrogen) atoms. The standard InChI is InChI=1S/C26H30N2O6/c29-17(12-24(30)31)14-27-25(32)18-11-5-6-16(18)13-28-26(33)34-15-23-21-9-3-1-7-19(21)20-8-2-4-10-22(20)23/h1-4,7-10,16-18,23,29H,5-6,11-15H2,(H,27,32)(H,28,33)(H,30,31). The van der Waals surface area contributed by atoms with Gasteiger partial charge in [0.05, 0.1) is 12.5 Å². The number of fused-ring (bicyclic) bond motifs is 3. The summed E-state index contributed by atoms with van der Waals surface area (Å²) in [5.41, 5.74) is 4.63. The van der Waals surface area contributed by atoms with Crippen molar-refractivity contribution < 1.29 is 29.3 Å². The zero-order valence-electron chi connectivity index (χ0n) is 18.9. The number of nitrogens with one attached hydrogen (secondary N) is 2. The Morgan fingerprint density at radius 1 is 0.971 bits per heavy atom. The molecule has 180 valence electrons. The Bertz CT molecular complexity index is 1010. The quantitative estimate of drug-likeness (QED) is 0.450. The van der Waals surface area contributed by atoms with Gasteiger partial charge in [0.25, 0.3) is 0 Å². The Labute approximate surface area is 198 Å². The molecule has 2 aromatic carbocycles. The van der Waals surface area contributed by atoms with Gasteiger partial charge in [-0.2, -0.15) is 0 Å². The summed E-state index contributed by atoms with van der Waals surface area (Å²) in [4.78, 5) is 35.6. The first-order chi connectivity index (χ1) is 16.4. The molecule has 0 aromatic heterocycles. The van der Waals surface area contributed by atoms with Crippen molar-refractivity contribution in [3.05, 3.63) is 59.7 Å². The Morgan fingerprint density at radius 2 is 1.62 bits per heavy atom. The molecule has 2 amide bonds. The fourth-order valence-electron chi connectivity index (χ4n) is 5.11. The minimum atomic E-state index is -1.12. The van der Waals surface area contributed by atoms with Crippen LogP contribution in [-0.2, 0) is 14.3 Å². The molecule has 0 aliphatic heterocycles. The van der Waals surface area contributed by atoms with Gasteiger partial charge in [-0.1, -0.05) is 55.0 Å². The number of carbonyl (C=O) groups excluding carboxylic acids is 2. The summed E-state index contributed by atoms with van der Waals surface area (Å²) in [6, 6.07) is 16.3. The van der Waals surface area contributed by atoms with Gasteiger partial charge in [0, 0.05) is 24.9 Å². The second kappa shape index (κ2) is 10.7. The molecule has 3 atom stereocenters. The minimum Gasteiger partial charge on any atom is -0.481 e. The number of aliphatic hydroxyl groups is 1. The van der Waals surface area contributed by atoms with Gasteiger partial charge in [-0.25, -0.2) is 4.79 Å². The van der Waals surface area contributed by atoms with E-state index in [4.69, 9.17) is 9.84 Å². The first kappa shape index (κ1) is 23.8. The van der Waals surface area contributed by atoms with E-state index in [0.717, 1.165) is 24.0 Å². The van der Waals surface area contributed by atoms with Crippen LogP contribution in [0.3, 0.4) is 0 Å². The molecule has 2 aromatic rings. The van der Waals surface area contributed by atoms with Crippen LogP contribution in [0.25, 0.3) is 11.1 Å². The number of alkyl carbamates (subject to hydrolysis) is 1. The van der Waals surface area contributed by atoms with Crippen molar-refractivity contribution in [2.75, 3.05) is 19.7 Å². The van der Waals surface area contributed by atoms with Crippen molar-refractivity contribution in [3.63, 3.8) is 0 Å². The molecule has 8 heteroatoms. The predicted octanol–water partition coefficient (Wildman–Crippen LogP) is 2.89. The number of carboxylic acid groups (broad SMARTS) is 1. The summed E-state index contributed by atoms with van der Waals surface area (Å²) in [6.07, 6.45) is 0.312. The average Bonchev–Trinajstić information content (AvgIpc) is 3.42. The summed E-state index contributed by atoms with van der Waals surface area (Å²) >= 11 is 0. The molecule has 1 fully saturated rings. The number of rotatable bonds is 9. The first-order valence-corrected chi connectivity index (χ1v) is 11.7. The van der Waals surface area contributed by atoms with E-state index in [1.807, 2.05) is 24.3 Å². The number of hydrogen-bond donors (Lipinski definition) is 4. The summed E-state index contributed by atoms with van der Waals surface area (Å²) in [5.74, 6) is -1.67. The van der Waals surface area contributed by atoms with E-state index in [0.29, 0.717) is 13.0 Å². The third kappa shape index (κ3) is 5.39. The van der Waals surface area contributed by atoms with Crippen molar-refractivity contribution in [1.82, 2.24) is 10.6 Å². The highest BCUT2D eigenvalue weighted by Gasteiger charge is 2.34. The Balaban J connectivity index is 1.26. The molecule has 0 radical (unpaired) electrons. The van der Waals surface area contributed by atoms with Gasteiger partial charge < -0.3 is 25.6 Å². The van der Waals surface area contributed by atoms with E-state index in [2.05, 4.69) is 34.9 Å². The van der Waals surface area contributed by atoms with Crippen molar-refractivity contribution >= 4 is 18.0 Å². The number of carbonyl (C=O) groups is 3. The van der Waals surface area contributed by atoms with Crippen molar-refractivity contribution in [2.24, 2.45) is 11.8 Å². The van der Waals surface area contributed by atoms with E-state index >= 15 is 0 Å². The number of amides is 2. The summed E-state index contributed by atoms with van der Waals surface area (Å²) in [6.45, 7) is 0.455. The van der Waals surface area contributed by atoms with Gasteiger partial charge in [0.1, 0.15) is 6.61 Å². The van der Waals surface area contributed by atoms with Crippen LogP contribution in [-0.4, -0.2) is 54.0 Å². The molecular weight excluding hydrogens is 436 g/mol. The van der Waals surface area contributed by atoms with Crippen LogP contribution < -0.4 is 10.6 Å². The molecule has 4 N–H and O–H groups in total. The Hall–Kier alpha value is -3.39. The summed E-state index contributed by atoms with van der Waals surface area (Å²) < 4.78 is 5.57. The molecule has 3 unspecified atom stereocenters. The largest absolute Gasteiger partial charge is 0.481 e. The van der Waals surface area contributed by atoms with Gasteiger partial charge in [0.2, 0.25) is 5.91 Å². The molecule has 0 heterocycles. The normalized spacial score (nSPS) is 19.7. The van der Waals surface area contributed by atoms with Gasteiger partial charge in [-0.3, -0.25) is 9.59 Å². The number of aliphatic carboxylic acids is 1. The second-order valence-corrected chi connectivity index (χ2v) is 9.00. The van der Waals surface area contributed by atoms with E-state index in [9.17, 15) is 19.5 Å². The van der Waals surface area contributed by atoms with Crippen LogP contribution in [0.2, 0.25) is 0 Å². The van der Waals surface area contributed by atoms with E-state index in [1.54, 1.807) is 0 Å². The highest BCUT2D eigenvalue weighted by atomic mass is 16.5. The van der Waals surface area contributed by atoms with Crippen LogP contribution in [0.15, 0.2) is 48.5 Å². The smallest absolute Gasteiger partial charge is 0.407 e. The topological polar surface area (TPSA) is 125 Å². The maximum absolute atomic E-state index is 12.5. The first-order valence-electron chi connectivity index (χ1n) is 11.7. The lowest BCUT2D eigenvalue weighted by molar-refractivity contribution is -0.139. The lowest BCUT2D eigenvalue weighted by Gasteiger charge is -2.21. The van der Waals surface area contributed by atoms with Crippen LogP contribution in [0.4, 0.5) is 4.79 Å². The number of benzene rings is 2. The molecule has 1 saturated carbocycles. The third-order valence-corrected chi connectivity index (χ3v) is 6.77. The van der Waals surface area contributed by atoms with Gasteiger partial charge >= 0.3 is 12.1 Å². The van der Waals surface area contributed by atoms with Crippen LogP contribution >= 0.6 is 0 Å². The Morgan fingerprint density at radius 3 is 2.26 bits per heavy atom. The number of ether oxygens (including phenoxy) is 1. The number of hydrogen-bond acceptors (Lipinski definition) is 5. The van der Waals surface area contributed by atoms with Gasteiger partial charge in [-0.15, -0.1) is 0 Å². The zero-order valence-corrected chi connectivity index (χ0v) is 18.9. The highest BCUT2D eigenvalue weighted by Crippen LogP contribution is 2.44. The maximum atomic E-state index is 12.5. The number of carboxylic acids is 1. The number of aliphatic hydroxyl groups excluding tert-OH is 1. The molecule has 0 bridgehead atoms. The van der Waals surface area contributed by atoms with E-state index < -0.39 is 24.6 Å². The molecular formula is C26H30N2O6. The monoisotopic (exact) mass is 466 g/mol. The molecule has 0 saturated heterocycles. The molecule has 2 aliphatic carbocycles. The van der Waals surface area contributed by atoms with Crippen molar-refractivity contribution in [1.29, 1.82) is 0 Å². The van der Waals surface area contributed by atoms with Crippen LogP contribution in [0.1, 0.15) is 42.7 Å². The fraction of sp³-hybridized carbons (Fsp3) is 0.423. The lowest BCUT2D eigenvalue weighted by atomic mass is 9.95. The third-order valence-electron chi connectivity index (χ3n) is 6.77. The SMILES string of the molecule is O=C(O)CC(O)CNC(=O)C1CCCC1CNC(=O)OCC1c2ccccc2-c2ccccc21. The molecule has 0 spiro atoms. The van der Waals surface area contributed by atoms with E-state index in [-0.39, 0.29) is 36.8 Å². The zero-order chi connectivity index (χ0) is 24.1. The highest BCUT2D eigenvalue weighted by molar-refractivity contribution is 5.80. The fourth-order valence-corrected chi connectivity index (χ4v) is 5.11. The molecule has 4 rings (SSSR count). The molecule has 8 nitrogen and oxygen atoms in total. The summed E-state index contributed by atoms with van der Waals surface area (Å²) in [5, 5.41) is 23.8. The van der Waals surface area contributed by atoms with Crippen LogP contribution in [0, 0.1) is 11.8 Å². The van der Waals surface area contributed by atoms with Gasteiger partial charge in [-0.05, 0) is 41.0 Å². The van der Waals surface area contributed by atoms with Crippen LogP contribution in [0.5, 0.6) is 0 Å². The molecule has 2 aliphatic rings. The summed E-state index contributed by atoms with van der Waals surface area (Å²) in [7, 11) is 0. The van der Waals surface area contributed by atoms with Gasteiger partial charge in [0.15, 0.2) is 0 Å². The van der Waals surface area contributed by atoms with Crippen molar-refractivity contribution in [3.8, 4) is 11.1 Å². The maximum Gasteiger partial charge on any atom is 0.407 e. The van der Waals surface area contributed by atoms with Crippen molar-refractivity contribution in [2.45, 2.75) is 37.7 Å². The Kier molecular flexibility index (Phi) is 7.47. The predicted molar refractivity (Wildman–Crippen MR) is 125 cm³/mol. The minimum absolute atomic E-state index is 0.0135. The average molecular weight is 467 g/mol.